The third-order valence-corrected chi connectivity index (χ3v) is 2.29. The Morgan fingerprint density at radius 3 is 2.47 bits per heavy atom. The van der Waals surface area contributed by atoms with Crippen molar-refractivity contribution in [3.63, 3.8) is 0 Å². The highest BCUT2D eigenvalue weighted by molar-refractivity contribution is 6.03. The molecule has 1 heterocycles. The Bertz CT molecular complexity index is 593. The summed E-state index contributed by atoms with van der Waals surface area (Å²) in [4.78, 5) is 14.6. The lowest BCUT2D eigenvalue weighted by atomic mass is 10.0. The van der Waals surface area contributed by atoms with E-state index in [-0.39, 0.29) is 10.9 Å². The fourth-order valence-electron chi connectivity index (χ4n) is 1.59. The summed E-state index contributed by atoms with van der Waals surface area (Å²) >= 11 is 0. The molecule has 0 saturated heterocycles. The van der Waals surface area contributed by atoms with Crippen molar-refractivity contribution < 1.29 is 23.1 Å². The maximum Gasteiger partial charge on any atom is 0.418 e. The largest absolute Gasteiger partial charge is 0.478 e. The molecule has 0 aliphatic rings. The number of carboxylic acids is 1. The van der Waals surface area contributed by atoms with Crippen LogP contribution in [0.15, 0.2) is 30.5 Å². The van der Waals surface area contributed by atoms with Crippen LogP contribution in [-0.4, -0.2) is 16.1 Å². The van der Waals surface area contributed by atoms with Gasteiger partial charge in [-0.1, -0.05) is 18.2 Å². The highest BCUT2D eigenvalue weighted by Gasteiger charge is 2.36. The van der Waals surface area contributed by atoms with Gasteiger partial charge in [0.1, 0.15) is 0 Å². The van der Waals surface area contributed by atoms with Gasteiger partial charge in [0, 0.05) is 11.6 Å². The summed E-state index contributed by atoms with van der Waals surface area (Å²) in [5.41, 5.74) is -1.77. The Hall–Kier alpha value is -2.11. The zero-order valence-corrected chi connectivity index (χ0v) is 8.32. The van der Waals surface area contributed by atoms with E-state index in [9.17, 15) is 18.0 Å². The van der Waals surface area contributed by atoms with E-state index >= 15 is 0 Å². The van der Waals surface area contributed by atoms with Gasteiger partial charge in [0.05, 0.1) is 16.6 Å². The number of benzene rings is 1. The van der Waals surface area contributed by atoms with E-state index < -0.39 is 23.3 Å². The molecule has 88 valence electrons. The molecule has 1 aromatic carbocycles. The number of carboxylic acid groups (broad SMARTS) is 1. The van der Waals surface area contributed by atoms with Crippen LogP contribution in [-0.2, 0) is 6.18 Å². The Morgan fingerprint density at radius 1 is 1.24 bits per heavy atom. The topological polar surface area (TPSA) is 50.2 Å². The van der Waals surface area contributed by atoms with Gasteiger partial charge in [-0.3, -0.25) is 4.98 Å². The number of pyridine rings is 1. The fourth-order valence-corrected chi connectivity index (χ4v) is 1.59. The van der Waals surface area contributed by atoms with E-state index in [4.69, 9.17) is 5.11 Å². The molecule has 0 aliphatic carbocycles. The molecule has 2 rings (SSSR count). The maximum absolute atomic E-state index is 12.6. The third kappa shape index (κ3) is 1.93. The van der Waals surface area contributed by atoms with Crippen LogP contribution in [0.3, 0.4) is 0 Å². The summed E-state index contributed by atoms with van der Waals surface area (Å²) in [7, 11) is 0. The number of hydrogen-bond donors (Lipinski definition) is 1. The first-order valence-electron chi connectivity index (χ1n) is 4.59. The second kappa shape index (κ2) is 3.73. The smallest absolute Gasteiger partial charge is 0.418 e. The zero-order chi connectivity index (χ0) is 12.6. The van der Waals surface area contributed by atoms with E-state index in [1.165, 1.54) is 18.2 Å². The Balaban J connectivity index is 2.87. The van der Waals surface area contributed by atoms with Gasteiger partial charge in [-0.15, -0.1) is 0 Å². The SMILES string of the molecule is O=C(O)c1c(C(F)(F)F)cnc2ccccc12. The number of halogens is 3. The Kier molecular flexibility index (Phi) is 2.49. The number of hydrogen-bond acceptors (Lipinski definition) is 2. The lowest BCUT2D eigenvalue weighted by Gasteiger charge is -2.11. The highest BCUT2D eigenvalue weighted by Crippen LogP contribution is 2.34. The molecule has 0 aliphatic heterocycles. The van der Waals surface area contributed by atoms with Crippen molar-refractivity contribution in [1.29, 1.82) is 0 Å². The lowest BCUT2D eigenvalue weighted by Crippen LogP contribution is -2.14. The minimum Gasteiger partial charge on any atom is -0.478 e. The zero-order valence-electron chi connectivity index (χ0n) is 8.32. The highest BCUT2D eigenvalue weighted by atomic mass is 19.4. The van der Waals surface area contributed by atoms with E-state index in [0.29, 0.717) is 6.20 Å². The number of aromatic nitrogens is 1. The molecule has 0 fully saturated rings. The molecule has 0 unspecified atom stereocenters. The van der Waals surface area contributed by atoms with Crippen LogP contribution >= 0.6 is 0 Å². The number of aromatic carboxylic acids is 1. The lowest BCUT2D eigenvalue weighted by molar-refractivity contribution is -0.138. The first-order chi connectivity index (χ1) is 7.91. The summed E-state index contributed by atoms with van der Waals surface area (Å²) in [6, 6.07) is 5.81. The van der Waals surface area contributed by atoms with Crippen molar-refractivity contribution in [2.24, 2.45) is 0 Å². The predicted molar refractivity (Wildman–Crippen MR) is 53.7 cm³/mol. The van der Waals surface area contributed by atoms with Crippen molar-refractivity contribution >= 4 is 16.9 Å². The second-order valence-corrected chi connectivity index (χ2v) is 3.37. The van der Waals surface area contributed by atoms with Crippen LogP contribution < -0.4 is 0 Å². The molecule has 6 heteroatoms. The minimum atomic E-state index is -4.73. The molecule has 0 saturated carbocycles. The molecule has 0 amide bonds. The van der Waals surface area contributed by atoms with Gasteiger partial charge in [0.15, 0.2) is 0 Å². The molecule has 1 N–H and O–H groups in total. The van der Waals surface area contributed by atoms with Crippen LogP contribution in [0.25, 0.3) is 10.9 Å². The summed E-state index contributed by atoms with van der Waals surface area (Å²) < 4.78 is 37.9. The van der Waals surface area contributed by atoms with Crippen LogP contribution in [0.2, 0.25) is 0 Å². The minimum absolute atomic E-state index is 0.0187. The monoisotopic (exact) mass is 241 g/mol. The Labute approximate surface area is 93.5 Å². The first kappa shape index (κ1) is 11.4. The van der Waals surface area contributed by atoms with Crippen LogP contribution in [0.4, 0.5) is 13.2 Å². The molecule has 1 aromatic heterocycles. The van der Waals surface area contributed by atoms with E-state index in [0.717, 1.165) is 0 Å². The van der Waals surface area contributed by atoms with Crippen molar-refractivity contribution in [1.82, 2.24) is 4.98 Å². The van der Waals surface area contributed by atoms with E-state index in [1.54, 1.807) is 6.07 Å². The molecular weight excluding hydrogens is 235 g/mol. The van der Waals surface area contributed by atoms with Crippen molar-refractivity contribution in [2.45, 2.75) is 6.18 Å². The molecular formula is C11H6F3NO2. The van der Waals surface area contributed by atoms with Gasteiger partial charge in [-0.25, -0.2) is 4.79 Å². The molecule has 0 bridgehead atoms. The second-order valence-electron chi connectivity index (χ2n) is 3.37. The number of nitrogens with zero attached hydrogens (tertiary/aromatic N) is 1. The van der Waals surface area contributed by atoms with Crippen molar-refractivity contribution in [2.75, 3.05) is 0 Å². The number of alkyl halides is 3. The molecule has 2 aromatic rings. The van der Waals surface area contributed by atoms with Gasteiger partial charge in [-0.05, 0) is 6.07 Å². The van der Waals surface area contributed by atoms with E-state index in [1.807, 2.05) is 0 Å². The van der Waals surface area contributed by atoms with Crippen LogP contribution in [0.5, 0.6) is 0 Å². The van der Waals surface area contributed by atoms with Gasteiger partial charge < -0.3 is 5.11 Å². The normalized spacial score (nSPS) is 11.7. The summed E-state index contributed by atoms with van der Waals surface area (Å²) in [6.45, 7) is 0. The fraction of sp³-hybridized carbons (Fsp3) is 0.0909. The summed E-state index contributed by atoms with van der Waals surface area (Å²) in [6.07, 6.45) is -4.18. The number of carbonyl (C=O) groups is 1. The van der Waals surface area contributed by atoms with Crippen LogP contribution in [0, 0.1) is 0 Å². The maximum atomic E-state index is 12.6. The molecule has 3 nitrogen and oxygen atoms in total. The first-order valence-corrected chi connectivity index (χ1v) is 4.59. The average molecular weight is 241 g/mol. The molecule has 0 spiro atoms. The van der Waals surface area contributed by atoms with Gasteiger partial charge in [0.25, 0.3) is 0 Å². The van der Waals surface area contributed by atoms with Crippen molar-refractivity contribution in [3.8, 4) is 0 Å². The third-order valence-electron chi connectivity index (χ3n) is 2.29. The number of fused-ring (bicyclic) bond motifs is 1. The van der Waals surface area contributed by atoms with Gasteiger partial charge in [0.2, 0.25) is 0 Å². The quantitative estimate of drug-likeness (QED) is 0.835. The number of rotatable bonds is 1. The number of para-hydroxylation sites is 1. The predicted octanol–water partition coefficient (Wildman–Crippen LogP) is 2.95. The molecule has 0 radical (unpaired) electrons. The van der Waals surface area contributed by atoms with Gasteiger partial charge in [-0.2, -0.15) is 13.2 Å². The van der Waals surface area contributed by atoms with E-state index in [2.05, 4.69) is 4.98 Å². The summed E-state index contributed by atoms with van der Waals surface area (Å²) in [5, 5.41) is 8.88. The van der Waals surface area contributed by atoms with Crippen molar-refractivity contribution in [3.05, 3.63) is 41.6 Å². The van der Waals surface area contributed by atoms with Gasteiger partial charge >= 0.3 is 12.1 Å². The average Bonchev–Trinajstić information content (AvgIpc) is 2.26. The summed E-state index contributed by atoms with van der Waals surface area (Å²) in [5.74, 6) is -1.61. The molecule has 0 atom stereocenters. The Morgan fingerprint density at radius 2 is 1.88 bits per heavy atom. The standard InChI is InChI=1S/C11H6F3NO2/c12-11(13,14)7-5-15-8-4-2-1-3-6(8)9(7)10(16)17/h1-5H,(H,16,17). The molecule has 17 heavy (non-hydrogen) atoms. The van der Waals surface area contributed by atoms with Crippen LogP contribution in [0.1, 0.15) is 15.9 Å².